The van der Waals surface area contributed by atoms with Crippen LogP contribution in [0.5, 0.6) is 0 Å². The number of halogens is 2. The Bertz CT molecular complexity index is 385. The maximum atomic E-state index is 6.36. The van der Waals surface area contributed by atoms with Gasteiger partial charge in [-0.15, -0.1) is 0 Å². The summed E-state index contributed by atoms with van der Waals surface area (Å²) in [5.41, 5.74) is 7.37. The first-order chi connectivity index (χ1) is 8.58. The molecule has 100 valence electrons. The average molecular weight is 286 g/mol. The maximum Gasteiger partial charge on any atom is 0.0453 e. The van der Waals surface area contributed by atoms with Gasteiger partial charge in [0.25, 0.3) is 0 Å². The molecule has 0 saturated heterocycles. The van der Waals surface area contributed by atoms with Gasteiger partial charge < -0.3 is 5.73 Å². The van der Waals surface area contributed by atoms with Crippen molar-refractivity contribution in [3.63, 3.8) is 0 Å². The molecule has 1 aromatic rings. The second-order valence-electron chi connectivity index (χ2n) is 5.60. The highest BCUT2D eigenvalue weighted by molar-refractivity contribution is 6.35. The molecule has 0 aromatic heterocycles. The van der Waals surface area contributed by atoms with Crippen LogP contribution in [0.2, 0.25) is 10.0 Å². The molecule has 3 heteroatoms. The molecule has 0 spiro atoms. The summed E-state index contributed by atoms with van der Waals surface area (Å²) in [7, 11) is 0. The Hall–Kier alpha value is -0.240. The molecule has 2 rings (SSSR count). The van der Waals surface area contributed by atoms with Gasteiger partial charge in [-0.3, -0.25) is 0 Å². The van der Waals surface area contributed by atoms with Crippen LogP contribution in [0.3, 0.4) is 0 Å². The molecule has 3 unspecified atom stereocenters. The van der Waals surface area contributed by atoms with Gasteiger partial charge in [0.2, 0.25) is 0 Å². The Morgan fingerprint density at radius 1 is 1.28 bits per heavy atom. The summed E-state index contributed by atoms with van der Waals surface area (Å²) in [4.78, 5) is 0. The molecule has 1 fully saturated rings. The van der Waals surface area contributed by atoms with Gasteiger partial charge in [-0.1, -0.05) is 49.0 Å². The molecule has 18 heavy (non-hydrogen) atoms. The minimum absolute atomic E-state index is 0.171. The first-order valence-corrected chi connectivity index (χ1v) is 7.52. The largest absolute Gasteiger partial charge is 0.327 e. The number of hydrogen-bond donors (Lipinski definition) is 1. The SMILES string of the molecule is CC1CCCC(C(N)Cc2c(Cl)cccc2Cl)C1. The first kappa shape index (κ1) is 14.2. The van der Waals surface area contributed by atoms with E-state index in [1.165, 1.54) is 25.7 Å². The Morgan fingerprint density at radius 3 is 2.56 bits per heavy atom. The fourth-order valence-corrected chi connectivity index (χ4v) is 3.55. The molecule has 1 saturated carbocycles. The van der Waals surface area contributed by atoms with E-state index in [0.29, 0.717) is 5.92 Å². The number of hydrogen-bond acceptors (Lipinski definition) is 1. The first-order valence-electron chi connectivity index (χ1n) is 6.76. The molecule has 0 radical (unpaired) electrons. The monoisotopic (exact) mass is 285 g/mol. The normalized spacial score (nSPS) is 26.0. The van der Waals surface area contributed by atoms with Gasteiger partial charge in [0.05, 0.1) is 0 Å². The predicted molar refractivity (Wildman–Crippen MR) is 79.3 cm³/mol. The summed E-state index contributed by atoms with van der Waals surface area (Å²) in [5.74, 6) is 1.41. The summed E-state index contributed by atoms with van der Waals surface area (Å²) in [6, 6.07) is 5.82. The molecule has 0 heterocycles. The van der Waals surface area contributed by atoms with Crippen molar-refractivity contribution < 1.29 is 0 Å². The molecule has 1 aliphatic carbocycles. The van der Waals surface area contributed by atoms with Crippen LogP contribution < -0.4 is 5.73 Å². The highest BCUT2D eigenvalue weighted by Gasteiger charge is 2.25. The zero-order valence-electron chi connectivity index (χ0n) is 10.8. The third-order valence-corrected chi connectivity index (χ3v) is 4.79. The molecule has 3 atom stereocenters. The van der Waals surface area contributed by atoms with Gasteiger partial charge in [0.1, 0.15) is 0 Å². The van der Waals surface area contributed by atoms with Crippen LogP contribution in [0.1, 0.15) is 38.2 Å². The van der Waals surface area contributed by atoms with Gasteiger partial charge in [0.15, 0.2) is 0 Å². The van der Waals surface area contributed by atoms with Crippen molar-refractivity contribution in [3.8, 4) is 0 Å². The third-order valence-electron chi connectivity index (χ3n) is 4.08. The highest BCUT2D eigenvalue weighted by Crippen LogP contribution is 2.33. The van der Waals surface area contributed by atoms with Crippen molar-refractivity contribution >= 4 is 23.2 Å². The lowest BCUT2D eigenvalue weighted by Gasteiger charge is -2.31. The van der Waals surface area contributed by atoms with E-state index >= 15 is 0 Å². The van der Waals surface area contributed by atoms with Crippen LogP contribution in [0.4, 0.5) is 0 Å². The topological polar surface area (TPSA) is 26.0 Å². The van der Waals surface area contributed by atoms with E-state index in [0.717, 1.165) is 27.9 Å². The van der Waals surface area contributed by atoms with Crippen LogP contribution in [0.15, 0.2) is 18.2 Å². The van der Waals surface area contributed by atoms with Crippen LogP contribution in [0, 0.1) is 11.8 Å². The molecule has 1 nitrogen and oxygen atoms in total. The Balaban J connectivity index is 2.04. The van der Waals surface area contributed by atoms with E-state index in [2.05, 4.69) is 6.92 Å². The zero-order valence-corrected chi connectivity index (χ0v) is 12.3. The van der Waals surface area contributed by atoms with Crippen LogP contribution in [0.25, 0.3) is 0 Å². The Morgan fingerprint density at radius 2 is 1.94 bits per heavy atom. The van der Waals surface area contributed by atoms with Crippen molar-refractivity contribution in [2.45, 2.75) is 45.1 Å². The second kappa shape index (κ2) is 6.27. The van der Waals surface area contributed by atoms with Crippen molar-refractivity contribution in [2.75, 3.05) is 0 Å². The zero-order chi connectivity index (χ0) is 13.1. The van der Waals surface area contributed by atoms with Gasteiger partial charge >= 0.3 is 0 Å². The smallest absolute Gasteiger partial charge is 0.0453 e. The summed E-state index contributed by atoms with van der Waals surface area (Å²) in [6.07, 6.45) is 5.92. The number of benzene rings is 1. The summed E-state index contributed by atoms with van der Waals surface area (Å²) >= 11 is 12.4. The quantitative estimate of drug-likeness (QED) is 0.857. The van der Waals surface area contributed by atoms with E-state index in [9.17, 15) is 0 Å². The van der Waals surface area contributed by atoms with Crippen LogP contribution in [-0.4, -0.2) is 6.04 Å². The minimum atomic E-state index is 0.171. The molecule has 0 aliphatic heterocycles. The van der Waals surface area contributed by atoms with Gasteiger partial charge in [-0.2, -0.15) is 0 Å². The third kappa shape index (κ3) is 3.40. The summed E-state index contributed by atoms with van der Waals surface area (Å²) in [5, 5.41) is 1.48. The van der Waals surface area contributed by atoms with E-state index in [1.807, 2.05) is 18.2 Å². The molecular weight excluding hydrogens is 265 g/mol. The molecule has 2 N–H and O–H groups in total. The molecule has 1 aliphatic rings. The van der Waals surface area contributed by atoms with Crippen LogP contribution >= 0.6 is 23.2 Å². The Labute approximate surface area is 120 Å². The van der Waals surface area contributed by atoms with E-state index in [-0.39, 0.29) is 6.04 Å². The van der Waals surface area contributed by atoms with E-state index in [1.54, 1.807) is 0 Å². The molecule has 1 aromatic carbocycles. The van der Waals surface area contributed by atoms with Crippen molar-refractivity contribution in [1.29, 1.82) is 0 Å². The fourth-order valence-electron chi connectivity index (χ4n) is 3.00. The lowest BCUT2D eigenvalue weighted by atomic mass is 9.77. The molecule has 0 amide bonds. The molecule has 0 bridgehead atoms. The highest BCUT2D eigenvalue weighted by atomic mass is 35.5. The summed E-state index contributed by atoms with van der Waals surface area (Å²) < 4.78 is 0. The summed E-state index contributed by atoms with van der Waals surface area (Å²) in [6.45, 7) is 2.32. The van der Waals surface area contributed by atoms with Gasteiger partial charge in [0, 0.05) is 16.1 Å². The molecular formula is C15H21Cl2N. The van der Waals surface area contributed by atoms with Crippen molar-refractivity contribution in [1.82, 2.24) is 0 Å². The van der Waals surface area contributed by atoms with Crippen molar-refractivity contribution in [2.24, 2.45) is 17.6 Å². The maximum absolute atomic E-state index is 6.36. The fraction of sp³-hybridized carbons (Fsp3) is 0.600. The van der Waals surface area contributed by atoms with E-state index < -0.39 is 0 Å². The number of rotatable bonds is 3. The minimum Gasteiger partial charge on any atom is -0.327 e. The lowest BCUT2D eigenvalue weighted by molar-refractivity contribution is 0.245. The van der Waals surface area contributed by atoms with Gasteiger partial charge in [-0.05, 0) is 48.8 Å². The number of nitrogens with two attached hydrogens (primary N) is 1. The average Bonchev–Trinajstić information content (AvgIpc) is 2.34. The predicted octanol–water partition coefficient (Wildman–Crippen LogP) is 4.69. The second-order valence-corrected chi connectivity index (χ2v) is 6.41. The van der Waals surface area contributed by atoms with Crippen LogP contribution in [-0.2, 0) is 6.42 Å². The van der Waals surface area contributed by atoms with E-state index in [4.69, 9.17) is 28.9 Å². The van der Waals surface area contributed by atoms with Gasteiger partial charge in [-0.25, -0.2) is 0 Å². The van der Waals surface area contributed by atoms with Crippen molar-refractivity contribution in [3.05, 3.63) is 33.8 Å². The Kier molecular flexibility index (Phi) is 4.94. The lowest BCUT2D eigenvalue weighted by Crippen LogP contribution is -2.35. The standard InChI is InChI=1S/C15H21Cl2N/c1-10-4-2-5-11(8-10)15(18)9-12-13(16)6-3-7-14(12)17/h3,6-7,10-11,15H,2,4-5,8-9,18H2,1H3.